The maximum Gasteiger partial charge on any atom is 0.132 e. The molecule has 100 valence electrons. The molecule has 0 amide bonds. The summed E-state index contributed by atoms with van der Waals surface area (Å²) >= 11 is 0. The Bertz CT molecular complexity index is 568. The number of anilines is 1. The fourth-order valence-electron chi connectivity index (χ4n) is 2.33. The quantitative estimate of drug-likeness (QED) is 0.883. The molecule has 1 atom stereocenters. The van der Waals surface area contributed by atoms with Crippen molar-refractivity contribution in [2.24, 2.45) is 0 Å². The lowest BCUT2D eigenvalue weighted by Crippen LogP contribution is -2.39. The summed E-state index contributed by atoms with van der Waals surface area (Å²) in [6.45, 7) is 6.32. The Kier molecular flexibility index (Phi) is 3.16. The second kappa shape index (κ2) is 4.97. The minimum atomic E-state index is 0.0199. The van der Waals surface area contributed by atoms with E-state index in [0.717, 1.165) is 35.9 Å². The number of aromatic amines is 1. The second-order valence-corrected chi connectivity index (χ2v) is 4.79. The zero-order valence-electron chi connectivity index (χ0n) is 11.1. The normalized spacial score (nSPS) is 19.7. The number of nitrogens with one attached hydrogen (secondary N) is 1. The molecule has 19 heavy (non-hydrogen) atoms. The van der Waals surface area contributed by atoms with Crippen LogP contribution in [0.3, 0.4) is 0 Å². The van der Waals surface area contributed by atoms with Gasteiger partial charge in [-0.3, -0.25) is 5.10 Å². The van der Waals surface area contributed by atoms with Gasteiger partial charge in [0, 0.05) is 18.3 Å². The summed E-state index contributed by atoms with van der Waals surface area (Å²) in [7, 11) is 0. The van der Waals surface area contributed by atoms with Gasteiger partial charge in [-0.05, 0) is 19.4 Å². The van der Waals surface area contributed by atoms with Crippen LogP contribution in [0, 0.1) is 13.8 Å². The molecule has 0 unspecified atom stereocenters. The highest BCUT2D eigenvalue weighted by molar-refractivity contribution is 5.40. The lowest BCUT2D eigenvalue weighted by molar-refractivity contribution is 0.0363. The highest BCUT2D eigenvalue weighted by Gasteiger charge is 2.25. The summed E-state index contributed by atoms with van der Waals surface area (Å²) in [4.78, 5) is 10.7. The Morgan fingerprint density at radius 3 is 3.00 bits per heavy atom. The number of ether oxygens (including phenoxy) is 1. The van der Waals surface area contributed by atoms with Gasteiger partial charge < -0.3 is 9.64 Å². The van der Waals surface area contributed by atoms with E-state index in [-0.39, 0.29) is 6.10 Å². The molecular formula is C13H17N5O. The first kappa shape index (κ1) is 12.1. The van der Waals surface area contributed by atoms with E-state index < -0.39 is 0 Å². The van der Waals surface area contributed by atoms with Gasteiger partial charge in [0.05, 0.1) is 25.0 Å². The molecule has 0 radical (unpaired) electrons. The molecule has 1 aliphatic rings. The minimum Gasteiger partial charge on any atom is -0.368 e. The van der Waals surface area contributed by atoms with Crippen LogP contribution in [0.1, 0.15) is 23.1 Å². The van der Waals surface area contributed by atoms with Gasteiger partial charge in [-0.25, -0.2) is 9.97 Å². The summed E-state index contributed by atoms with van der Waals surface area (Å²) < 4.78 is 5.83. The Labute approximate surface area is 111 Å². The van der Waals surface area contributed by atoms with Crippen molar-refractivity contribution in [3.63, 3.8) is 0 Å². The maximum absolute atomic E-state index is 5.83. The number of hydrogen-bond donors (Lipinski definition) is 1. The first-order valence-corrected chi connectivity index (χ1v) is 6.39. The average Bonchev–Trinajstić information content (AvgIpc) is 2.85. The van der Waals surface area contributed by atoms with E-state index in [2.05, 4.69) is 25.1 Å². The van der Waals surface area contributed by atoms with E-state index >= 15 is 0 Å². The summed E-state index contributed by atoms with van der Waals surface area (Å²) in [5, 5.41) is 7.08. The SMILES string of the molecule is Cc1cc(N2CCO[C@H](c3[nH]ncc3C)C2)ncn1. The minimum absolute atomic E-state index is 0.0199. The van der Waals surface area contributed by atoms with Gasteiger partial charge in [0.1, 0.15) is 18.2 Å². The van der Waals surface area contributed by atoms with Crippen molar-refractivity contribution in [3.05, 3.63) is 35.5 Å². The van der Waals surface area contributed by atoms with Gasteiger partial charge >= 0.3 is 0 Å². The molecule has 0 aromatic carbocycles. The van der Waals surface area contributed by atoms with Crippen LogP contribution in [-0.2, 0) is 4.74 Å². The average molecular weight is 259 g/mol. The molecule has 0 saturated carbocycles. The van der Waals surface area contributed by atoms with Crippen molar-refractivity contribution in [2.75, 3.05) is 24.6 Å². The van der Waals surface area contributed by atoms with E-state index in [9.17, 15) is 0 Å². The van der Waals surface area contributed by atoms with E-state index in [0.29, 0.717) is 6.61 Å². The fraction of sp³-hybridized carbons (Fsp3) is 0.462. The lowest BCUT2D eigenvalue weighted by atomic mass is 10.1. The molecule has 1 N–H and O–H groups in total. The van der Waals surface area contributed by atoms with Gasteiger partial charge in [0.2, 0.25) is 0 Å². The number of H-pyrrole nitrogens is 1. The van der Waals surface area contributed by atoms with Crippen molar-refractivity contribution in [3.8, 4) is 0 Å². The van der Waals surface area contributed by atoms with Crippen molar-refractivity contribution in [1.82, 2.24) is 20.2 Å². The van der Waals surface area contributed by atoms with Gasteiger partial charge in [-0.15, -0.1) is 0 Å². The third kappa shape index (κ3) is 2.44. The zero-order valence-corrected chi connectivity index (χ0v) is 11.1. The molecule has 1 saturated heterocycles. The standard InChI is InChI=1S/C13H17N5O/c1-9-6-16-17-13(9)11-7-18(3-4-19-11)12-5-10(2)14-8-15-12/h5-6,8,11H,3-4,7H2,1-2H3,(H,16,17)/t11-/m0/s1. The van der Waals surface area contributed by atoms with Gasteiger partial charge in [-0.2, -0.15) is 5.10 Å². The number of rotatable bonds is 2. The molecule has 0 aliphatic carbocycles. The highest BCUT2D eigenvalue weighted by Crippen LogP contribution is 2.25. The zero-order chi connectivity index (χ0) is 13.2. The molecule has 2 aromatic heterocycles. The van der Waals surface area contributed by atoms with Crippen LogP contribution in [0.4, 0.5) is 5.82 Å². The van der Waals surface area contributed by atoms with Crippen LogP contribution < -0.4 is 4.90 Å². The first-order valence-electron chi connectivity index (χ1n) is 6.39. The first-order chi connectivity index (χ1) is 9.24. The Hall–Kier alpha value is -1.95. The molecule has 0 bridgehead atoms. The van der Waals surface area contributed by atoms with Crippen LogP contribution in [0.2, 0.25) is 0 Å². The molecule has 3 heterocycles. The van der Waals surface area contributed by atoms with Crippen LogP contribution in [-0.4, -0.2) is 39.9 Å². The lowest BCUT2D eigenvalue weighted by Gasteiger charge is -2.33. The third-order valence-electron chi connectivity index (χ3n) is 3.37. The number of nitrogens with zero attached hydrogens (tertiary/aromatic N) is 4. The Balaban J connectivity index is 1.80. The number of aryl methyl sites for hydroxylation is 2. The van der Waals surface area contributed by atoms with Crippen LogP contribution in [0.25, 0.3) is 0 Å². The molecule has 0 spiro atoms. The Morgan fingerprint density at radius 2 is 2.26 bits per heavy atom. The van der Waals surface area contributed by atoms with Gasteiger partial charge in [-0.1, -0.05) is 0 Å². The van der Waals surface area contributed by atoms with Crippen LogP contribution >= 0.6 is 0 Å². The van der Waals surface area contributed by atoms with Crippen LogP contribution in [0.5, 0.6) is 0 Å². The molecule has 3 rings (SSSR count). The van der Waals surface area contributed by atoms with E-state index in [4.69, 9.17) is 4.74 Å². The number of hydrogen-bond acceptors (Lipinski definition) is 5. The number of morpholine rings is 1. The molecular weight excluding hydrogens is 242 g/mol. The molecule has 2 aromatic rings. The van der Waals surface area contributed by atoms with E-state index in [1.807, 2.05) is 26.1 Å². The highest BCUT2D eigenvalue weighted by atomic mass is 16.5. The fourth-order valence-corrected chi connectivity index (χ4v) is 2.33. The third-order valence-corrected chi connectivity index (χ3v) is 3.37. The smallest absolute Gasteiger partial charge is 0.132 e. The molecule has 6 nitrogen and oxygen atoms in total. The Morgan fingerprint density at radius 1 is 1.37 bits per heavy atom. The predicted molar refractivity (Wildman–Crippen MR) is 71.0 cm³/mol. The second-order valence-electron chi connectivity index (χ2n) is 4.79. The van der Waals surface area contributed by atoms with Crippen molar-refractivity contribution in [2.45, 2.75) is 20.0 Å². The summed E-state index contributed by atoms with van der Waals surface area (Å²) in [6.07, 6.45) is 3.45. The molecule has 1 fully saturated rings. The number of aromatic nitrogens is 4. The van der Waals surface area contributed by atoms with E-state index in [1.165, 1.54) is 0 Å². The predicted octanol–water partition coefficient (Wildman–Crippen LogP) is 1.39. The molecule has 1 aliphatic heterocycles. The van der Waals surface area contributed by atoms with Crippen LogP contribution in [0.15, 0.2) is 18.6 Å². The van der Waals surface area contributed by atoms with Crippen molar-refractivity contribution in [1.29, 1.82) is 0 Å². The van der Waals surface area contributed by atoms with Crippen molar-refractivity contribution >= 4 is 5.82 Å². The monoisotopic (exact) mass is 259 g/mol. The van der Waals surface area contributed by atoms with Gasteiger partial charge in [0.25, 0.3) is 0 Å². The van der Waals surface area contributed by atoms with Gasteiger partial charge in [0.15, 0.2) is 0 Å². The summed E-state index contributed by atoms with van der Waals surface area (Å²) in [5.74, 6) is 0.956. The summed E-state index contributed by atoms with van der Waals surface area (Å²) in [5.41, 5.74) is 3.16. The van der Waals surface area contributed by atoms with E-state index in [1.54, 1.807) is 6.33 Å². The maximum atomic E-state index is 5.83. The topological polar surface area (TPSA) is 66.9 Å². The molecule has 6 heteroatoms. The summed E-state index contributed by atoms with van der Waals surface area (Å²) in [6, 6.07) is 2.00. The largest absolute Gasteiger partial charge is 0.368 e. The van der Waals surface area contributed by atoms with Crippen molar-refractivity contribution < 1.29 is 4.74 Å².